The Hall–Kier alpha value is -2.64. The highest BCUT2D eigenvalue weighted by molar-refractivity contribution is 5.92. The summed E-state index contributed by atoms with van der Waals surface area (Å²) in [4.78, 5) is 34.5. The number of hydrogen-bond acceptors (Lipinski definition) is 7. The topological polar surface area (TPSA) is 99.0 Å². The van der Waals surface area contributed by atoms with Crippen LogP contribution in [0.3, 0.4) is 0 Å². The Kier molecular flexibility index (Phi) is 3.55. The van der Waals surface area contributed by atoms with E-state index in [0.717, 1.165) is 0 Å². The van der Waals surface area contributed by atoms with Gasteiger partial charge in [0.15, 0.2) is 0 Å². The fourth-order valence-corrected chi connectivity index (χ4v) is 1.81. The third kappa shape index (κ3) is 2.68. The van der Waals surface area contributed by atoms with Crippen LogP contribution in [0.2, 0.25) is 0 Å². The molecule has 2 rings (SSSR count). The lowest BCUT2D eigenvalue weighted by Gasteiger charge is -2.23. The van der Waals surface area contributed by atoms with Crippen LogP contribution in [0.25, 0.3) is 0 Å². The Bertz CT molecular complexity index is 567. The van der Waals surface area contributed by atoms with Gasteiger partial charge >= 0.3 is 11.9 Å². The maximum atomic E-state index is 11.2. The predicted molar refractivity (Wildman–Crippen MR) is 67.0 cm³/mol. The van der Waals surface area contributed by atoms with Crippen LogP contribution in [-0.4, -0.2) is 31.0 Å². The number of esters is 2. The Morgan fingerprint density at radius 1 is 1.25 bits per heavy atom. The second-order valence-electron chi connectivity index (χ2n) is 4.39. The Morgan fingerprint density at radius 2 is 1.85 bits per heavy atom. The maximum Gasteiger partial charge on any atom is 0.320 e. The lowest BCUT2D eigenvalue weighted by Crippen LogP contribution is -2.26. The fourth-order valence-electron chi connectivity index (χ4n) is 1.81. The summed E-state index contributed by atoms with van der Waals surface area (Å²) in [6, 6.07) is 4.24. The molecular weight excluding hydrogens is 268 g/mol. The predicted octanol–water partition coefficient (Wildman–Crippen LogP) is 1.15. The van der Waals surface area contributed by atoms with Crippen LogP contribution in [0.5, 0.6) is 0 Å². The molecule has 1 fully saturated rings. The monoisotopic (exact) mass is 280 g/mol. The fraction of sp³-hybridized carbons (Fsp3) is 0.333. The van der Waals surface area contributed by atoms with E-state index in [1.165, 1.54) is 18.2 Å². The number of nitro groups is 1. The number of nitrogens with zero attached hydrogens (tertiary/aromatic N) is 2. The van der Waals surface area contributed by atoms with Crippen LogP contribution < -0.4 is 4.90 Å². The van der Waals surface area contributed by atoms with Crippen molar-refractivity contribution in [1.82, 2.24) is 0 Å². The smallest absolute Gasteiger partial charge is 0.320 e. The molecule has 1 aromatic carbocycles. The minimum atomic E-state index is -1.24. The molecule has 0 N–H and O–H groups in total. The van der Waals surface area contributed by atoms with Crippen LogP contribution in [0.1, 0.15) is 18.3 Å². The number of nitro benzene ring substituents is 1. The van der Waals surface area contributed by atoms with E-state index in [0.29, 0.717) is 5.69 Å². The summed E-state index contributed by atoms with van der Waals surface area (Å²) < 4.78 is 9.72. The van der Waals surface area contributed by atoms with E-state index in [1.807, 2.05) is 0 Å². The first-order chi connectivity index (χ1) is 9.38. The third-order valence-electron chi connectivity index (χ3n) is 2.72. The van der Waals surface area contributed by atoms with Gasteiger partial charge in [0.2, 0.25) is 0 Å². The number of hydrogen-bond donors (Lipinski definition) is 0. The normalized spacial score (nSPS) is 15.5. The molecule has 0 spiro atoms. The van der Waals surface area contributed by atoms with Gasteiger partial charge in [-0.3, -0.25) is 19.7 Å². The van der Waals surface area contributed by atoms with Crippen LogP contribution in [0, 0.1) is 10.1 Å². The van der Waals surface area contributed by atoms with Gasteiger partial charge in [-0.15, -0.1) is 0 Å². The van der Waals surface area contributed by atoms with Gasteiger partial charge in [0, 0.05) is 25.7 Å². The van der Waals surface area contributed by atoms with Crippen molar-refractivity contribution in [2.45, 2.75) is 12.7 Å². The minimum absolute atomic E-state index is 0.162. The van der Waals surface area contributed by atoms with Crippen LogP contribution in [0.4, 0.5) is 11.4 Å². The van der Waals surface area contributed by atoms with Gasteiger partial charge in [0.05, 0.1) is 4.92 Å². The minimum Gasteiger partial charge on any atom is -0.420 e. The number of ether oxygens (including phenoxy) is 2. The molecule has 20 heavy (non-hydrogen) atoms. The quantitative estimate of drug-likeness (QED) is 0.354. The maximum absolute atomic E-state index is 11.2. The van der Waals surface area contributed by atoms with E-state index in [-0.39, 0.29) is 11.3 Å². The number of carbonyl (C=O) groups is 2. The van der Waals surface area contributed by atoms with Crippen molar-refractivity contribution in [3.8, 4) is 0 Å². The van der Waals surface area contributed by atoms with Crippen molar-refractivity contribution >= 4 is 23.3 Å². The highest BCUT2D eigenvalue weighted by Gasteiger charge is 2.30. The van der Waals surface area contributed by atoms with Crippen molar-refractivity contribution < 1.29 is 24.0 Å². The molecule has 0 amide bonds. The lowest BCUT2D eigenvalue weighted by molar-refractivity contribution is -0.384. The van der Waals surface area contributed by atoms with Gasteiger partial charge in [-0.05, 0) is 12.1 Å². The molecule has 0 atom stereocenters. The largest absolute Gasteiger partial charge is 0.420 e. The molecule has 0 radical (unpaired) electrons. The summed E-state index contributed by atoms with van der Waals surface area (Å²) in [7, 11) is 3.34. The standard InChI is InChI=1S/C12H12N2O6/c1-13(2)8-4-3-7(5-9(8)14(17)18)12-19-10(15)6-11(16)20-12/h3-5,12H,6H2,1-2H3. The molecular formula is C12H12N2O6. The second kappa shape index (κ2) is 5.16. The van der Waals surface area contributed by atoms with E-state index in [9.17, 15) is 19.7 Å². The Morgan fingerprint density at radius 3 is 2.35 bits per heavy atom. The molecule has 0 aliphatic carbocycles. The first-order valence-corrected chi connectivity index (χ1v) is 5.73. The Balaban J connectivity index is 2.38. The van der Waals surface area contributed by atoms with Gasteiger partial charge in [0.25, 0.3) is 12.0 Å². The SMILES string of the molecule is CN(C)c1ccc(C2OC(=O)CC(=O)O2)cc1[N+](=O)[O-]. The first kappa shape index (κ1) is 13.8. The van der Waals surface area contributed by atoms with Crippen molar-refractivity contribution in [3.63, 3.8) is 0 Å². The van der Waals surface area contributed by atoms with Crippen molar-refractivity contribution in [2.24, 2.45) is 0 Å². The van der Waals surface area contributed by atoms with Crippen molar-refractivity contribution in [2.75, 3.05) is 19.0 Å². The molecule has 1 aliphatic rings. The molecule has 0 bridgehead atoms. The average Bonchev–Trinajstić information content (AvgIpc) is 2.36. The summed E-state index contributed by atoms with van der Waals surface area (Å²) in [5.74, 6) is -1.43. The first-order valence-electron chi connectivity index (χ1n) is 5.73. The highest BCUT2D eigenvalue weighted by atomic mass is 16.7. The summed E-state index contributed by atoms with van der Waals surface area (Å²) in [5, 5.41) is 11.1. The molecule has 106 valence electrons. The lowest BCUT2D eigenvalue weighted by atomic mass is 10.1. The van der Waals surface area contributed by atoms with Gasteiger partial charge in [-0.25, -0.2) is 0 Å². The van der Waals surface area contributed by atoms with E-state index in [1.54, 1.807) is 19.0 Å². The molecule has 1 aromatic rings. The molecule has 8 heteroatoms. The van der Waals surface area contributed by atoms with Gasteiger partial charge in [-0.2, -0.15) is 0 Å². The third-order valence-corrected chi connectivity index (χ3v) is 2.72. The van der Waals surface area contributed by atoms with Crippen molar-refractivity contribution in [1.29, 1.82) is 0 Å². The summed E-state index contributed by atoms with van der Waals surface area (Å²) in [6.45, 7) is 0. The zero-order valence-electron chi connectivity index (χ0n) is 10.9. The molecule has 8 nitrogen and oxygen atoms in total. The van der Waals surface area contributed by atoms with E-state index in [4.69, 9.17) is 9.47 Å². The summed E-state index contributed by atoms with van der Waals surface area (Å²) >= 11 is 0. The zero-order chi connectivity index (χ0) is 14.9. The summed E-state index contributed by atoms with van der Waals surface area (Å²) in [6.07, 6.45) is -1.69. The van der Waals surface area contributed by atoms with Gasteiger partial charge in [0.1, 0.15) is 12.1 Å². The second-order valence-corrected chi connectivity index (χ2v) is 4.39. The number of rotatable bonds is 3. The average molecular weight is 280 g/mol. The van der Waals surface area contributed by atoms with Crippen LogP contribution >= 0.6 is 0 Å². The zero-order valence-corrected chi connectivity index (χ0v) is 10.9. The molecule has 0 saturated carbocycles. The van der Waals surface area contributed by atoms with E-state index < -0.39 is 29.6 Å². The molecule has 0 aromatic heterocycles. The number of benzene rings is 1. The molecule has 1 heterocycles. The van der Waals surface area contributed by atoms with Gasteiger partial charge in [-0.1, -0.05) is 0 Å². The van der Waals surface area contributed by atoms with Crippen LogP contribution in [0.15, 0.2) is 18.2 Å². The number of carbonyl (C=O) groups excluding carboxylic acids is 2. The molecule has 1 aliphatic heterocycles. The van der Waals surface area contributed by atoms with Crippen LogP contribution in [-0.2, 0) is 19.1 Å². The van der Waals surface area contributed by atoms with Gasteiger partial charge < -0.3 is 14.4 Å². The molecule has 0 unspecified atom stereocenters. The molecule has 1 saturated heterocycles. The number of anilines is 1. The summed E-state index contributed by atoms with van der Waals surface area (Å²) in [5.41, 5.74) is 0.473. The number of cyclic esters (lactones) is 2. The van der Waals surface area contributed by atoms with E-state index >= 15 is 0 Å². The van der Waals surface area contributed by atoms with Crippen molar-refractivity contribution in [3.05, 3.63) is 33.9 Å². The van der Waals surface area contributed by atoms with E-state index in [2.05, 4.69) is 0 Å². The Labute approximate surface area is 114 Å². The highest BCUT2D eigenvalue weighted by Crippen LogP contribution is 2.32.